The fourth-order valence-electron chi connectivity index (χ4n) is 13.9. The number of hydrogen-bond acceptors (Lipinski definition) is 3. The maximum Gasteiger partial charge on any atom is 0.254 e. The average molecular weight is 862 g/mol. The minimum atomic E-state index is 0.0319. The second kappa shape index (κ2) is 13.2. The van der Waals surface area contributed by atoms with Gasteiger partial charge in [-0.05, 0) is 198 Å². The summed E-state index contributed by atoms with van der Waals surface area (Å²) in [4.78, 5) is 10.9. The molecule has 65 heavy (non-hydrogen) atoms. The lowest BCUT2D eigenvalue weighted by Gasteiger charge is -2.49. The Morgan fingerprint density at radius 3 is 1.08 bits per heavy atom. The van der Waals surface area contributed by atoms with E-state index in [4.69, 9.17) is 4.98 Å². The molecule has 2 aliphatic heterocycles. The molecule has 11 rings (SSSR count). The number of fused-ring (bicyclic) bond motifs is 8. The molecule has 0 saturated carbocycles. The second-order valence-electron chi connectivity index (χ2n) is 27.1. The molecular weight excluding hydrogens is 786 g/mol. The first kappa shape index (κ1) is 43.3. The molecule has 0 radical (unpaired) electrons. The maximum atomic E-state index is 5.57. The van der Waals surface area contributed by atoms with Crippen LogP contribution >= 0.6 is 0 Å². The third-order valence-corrected chi connectivity index (χ3v) is 19.0. The summed E-state index contributed by atoms with van der Waals surface area (Å²) >= 11 is 0. The normalized spacial score (nSPS) is 23.5. The molecule has 0 bridgehead atoms. The van der Waals surface area contributed by atoms with Crippen LogP contribution in [0.3, 0.4) is 0 Å². The number of aromatic nitrogens is 1. The zero-order valence-corrected chi connectivity index (χ0v) is 43.0. The van der Waals surface area contributed by atoms with Crippen LogP contribution in [0.1, 0.15) is 207 Å². The molecule has 338 valence electrons. The highest BCUT2D eigenvalue weighted by Crippen LogP contribution is 2.55. The highest BCUT2D eigenvalue weighted by atomic mass is 15.2. The third-order valence-electron chi connectivity index (χ3n) is 19.0. The molecule has 1 aromatic heterocycles. The summed E-state index contributed by atoms with van der Waals surface area (Å²) in [6.07, 6.45) is 11.6. The Bertz CT molecular complexity index is 2670. The van der Waals surface area contributed by atoms with Gasteiger partial charge in [0.05, 0.1) is 0 Å². The van der Waals surface area contributed by atoms with Gasteiger partial charge in [-0.1, -0.05) is 135 Å². The summed E-state index contributed by atoms with van der Waals surface area (Å²) in [7, 11) is 0. The Hall–Kier alpha value is -4.31. The van der Waals surface area contributed by atoms with Gasteiger partial charge >= 0.3 is 0 Å². The molecule has 0 saturated heterocycles. The summed E-state index contributed by atoms with van der Waals surface area (Å²) in [5, 5.41) is 0. The van der Waals surface area contributed by atoms with Crippen LogP contribution in [0.2, 0.25) is 0 Å². The van der Waals surface area contributed by atoms with Crippen LogP contribution in [0, 0.1) is 0 Å². The highest BCUT2D eigenvalue weighted by Gasteiger charge is 2.50. The maximum absolute atomic E-state index is 5.57. The lowest BCUT2D eigenvalue weighted by Crippen LogP contribution is -2.62. The van der Waals surface area contributed by atoms with Gasteiger partial charge in [0.25, 0.3) is 6.71 Å². The van der Waals surface area contributed by atoms with E-state index in [1.165, 1.54) is 141 Å². The summed E-state index contributed by atoms with van der Waals surface area (Å²) in [6, 6.07) is 28.1. The smallest absolute Gasteiger partial charge is 0.254 e. The number of anilines is 6. The van der Waals surface area contributed by atoms with Crippen LogP contribution in [0.5, 0.6) is 0 Å². The molecule has 3 nitrogen and oxygen atoms in total. The van der Waals surface area contributed by atoms with Gasteiger partial charge in [-0.3, -0.25) is 4.90 Å². The van der Waals surface area contributed by atoms with Crippen LogP contribution in [-0.2, 0) is 43.3 Å². The number of hydrogen-bond donors (Lipinski definition) is 0. The molecule has 0 atom stereocenters. The van der Waals surface area contributed by atoms with Crippen molar-refractivity contribution in [3.63, 3.8) is 0 Å². The number of pyridine rings is 1. The molecule has 6 aliphatic rings. The van der Waals surface area contributed by atoms with Crippen LogP contribution in [0.25, 0.3) is 0 Å². The molecule has 4 aromatic carbocycles. The molecule has 0 fully saturated rings. The van der Waals surface area contributed by atoms with Crippen LogP contribution in [0.15, 0.2) is 72.9 Å². The van der Waals surface area contributed by atoms with Crippen LogP contribution in [-0.4, -0.2) is 11.7 Å². The molecule has 3 heterocycles. The van der Waals surface area contributed by atoms with Crippen LogP contribution in [0.4, 0.5) is 34.3 Å². The van der Waals surface area contributed by atoms with Crippen molar-refractivity contribution >= 4 is 57.4 Å². The molecule has 0 amide bonds. The van der Waals surface area contributed by atoms with Gasteiger partial charge < -0.3 is 4.90 Å². The van der Waals surface area contributed by atoms with Crippen molar-refractivity contribution in [2.75, 3.05) is 9.80 Å². The fraction of sp³-hybridized carbons (Fsp3) is 0.525. The zero-order chi connectivity index (χ0) is 46.4. The Balaban J connectivity index is 1.25. The van der Waals surface area contributed by atoms with Crippen LogP contribution < -0.4 is 26.2 Å². The average Bonchev–Trinajstić information content (AvgIpc) is 3.24. The largest absolute Gasteiger partial charge is 0.311 e. The Labute approximate surface area is 393 Å². The molecule has 4 aliphatic carbocycles. The third kappa shape index (κ3) is 6.15. The van der Waals surface area contributed by atoms with Crippen molar-refractivity contribution in [2.45, 2.75) is 205 Å². The van der Waals surface area contributed by atoms with E-state index in [1.54, 1.807) is 0 Å². The van der Waals surface area contributed by atoms with E-state index in [0.717, 1.165) is 5.82 Å². The van der Waals surface area contributed by atoms with Gasteiger partial charge in [-0.25, -0.2) is 4.98 Å². The lowest BCUT2D eigenvalue weighted by atomic mass is 9.33. The molecular formula is C61H76BN3. The van der Waals surface area contributed by atoms with Gasteiger partial charge in [0, 0.05) is 34.6 Å². The first-order chi connectivity index (χ1) is 30.2. The summed E-state index contributed by atoms with van der Waals surface area (Å²) < 4.78 is 0. The molecule has 0 unspecified atom stereocenters. The minimum Gasteiger partial charge on any atom is -0.311 e. The zero-order valence-electron chi connectivity index (χ0n) is 43.0. The van der Waals surface area contributed by atoms with Gasteiger partial charge in [0.2, 0.25) is 0 Å². The standard InChI is InChI=1S/C61H76BN3/c1-54(2)22-24-56(5,6)41-31-37(17-19-39(41)54)64-49-21-30-63-53-52(49)62(47-33-43-45(35-50(47)64)60(13,14)28-26-58(43,9)10)48-34-44-46(61(15,16)29-27-59(44,11)12)36-51(48)65(53)38-18-20-40-42(32-38)57(7,8)25-23-55(40,3)4/h17-21,30-36H,22-29H2,1-16H3. The van der Waals surface area contributed by atoms with Crippen molar-refractivity contribution in [2.24, 2.45) is 0 Å². The van der Waals surface area contributed by atoms with E-state index in [-0.39, 0.29) is 50.0 Å². The van der Waals surface area contributed by atoms with Gasteiger partial charge in [-0.15, -0.1) is 0 Å². The van der Waals surface area contributed by atoms with E-state index >= 15 is 0 Å². The molecule has 4 heteroatoms. The van der Waals surface area contributed by atoms with Gasteiger partial charge in [-0.2, -0.15) is 0 Å². The summed E-state index contributed by atoms with van der Waals surface area (Å²) in [5.74, 6) is 1.08. The number of nitrogens with zero attached hydrogens (tertiary/aromatic N) is 3. The van der Waals surface area contributed by atoms with Crippen molar-refractivity contribution in [1.82, 2.24) is 4.98 Å². The Kier molecular flexibility index (Phi) is 8.81. The molecule has 5 aromatic rings. The predicted octanol–water partition coefficient (Wildman–Crippen LogP) is 14.6. The lowest BCUT2D eigenvalue weighted by molar-refractivity contribution is 0.332. The van der Waals surface area contributed by atoms with Crippen molar-refractivity contribution in [3.8, 4) is 0 Å². The van der Waals surface area contributed by atoms with Crippen molar-refractivity contribution in [3.05, 3.63) is 117 Å². The van der Waals surface area contributed by atoms with E-state index in [1.807, 2.05) is 0 Å². The second-order valence-corrected chi connectivity index (χ2v) is 27.1. The van der Waals surface area contributed by atoms with E-state index < -0.39 is 0 Å². The van der Waals surface area contributed by atoms with E-state index in [0.29, 0.717) is 0 Å². The minimum absolute atomic E-state index is 0.0319. The Morgan fingerprint density at radius 1 is 0.354 bits per heavy atom. The summed E-state index contributed by atoms with van der Waals surface area (Å²) in [6.45, 7) is 39.7. The summed E-state index contributed by atoms with van der Waals surface area (Å²) in [5.41, 5.74) is 23.4. The van der Waals surface area contributed by atoms with Crippen molar-refractivity contribution < 1.29 is 0 Å². The Morgan fingerprint density at radius 2 is 0.677 bits per heavy atom. The quantitative estimate of drug-likeness (QED) is 0.161. The van der Waals surface area contributed by atoms with E-state index in [2.05, 4.69) is 194 Å². The SMILES string of the molecule is CC1(C)CCC(C)(C)c2cc(N3c4cc5c(cc4B4c6cc7c(cc6N(c6ccc8c(c6)C(C)(C)CCC8(C)C)c6nccc3c64)C(C)(C)CCC7(C)C)C(C)(C)CCC5(C)C)ccc21. The van der Waals surface area contributed by atoms with E-state index in [9.17, 15) is 0 Å². The fourth-order valence-corrected chi connectivity index (χ4v) is 13.9. The monoisotopic (exact) mass is 862 g/mol. The number of benzene rings is 4. The predicted molar refractivity (Wildman–Crippen MR) is 279 cm³/mol. The molecule has 0 N–H and O–H groups in total. The first-order valence-electron chi connectivity index (χ1n) is 25.4. The number of rotatable bonds is 2. The van der Waals surface area contributed by atoms with Crippen molar-refractivity contribution in [1.29, 1.82) is 0 Å². The topological polar surface area (TPSA) is 19.4 Å². The van der Waals surface area contributed by atoms with Gasteiger partial charge in [0.1, 0.15) is 5.82 Å². The van der Waals surface area contributed by atoms with Gasteiger partial charge in [0.15, 0.2) is 0 Å². The highest BCUT2D eigenvalue weighted by molar-refractivity contribution is 7.00. The first-order valence-corrected chi connectivity index (χ1v) is 25.4. The molecule has 0 spiro atoms.